The molecule has 2 N–H and O–H groups in total. The Balaban J connectivity index is 1.84. The number of aryl methyl sites for hydroxylation is 1. The molecule has 2 rings (SSSR count). The monoisotopic (exact) mass is 357 g/mol. The predicted molar refractivity (Wildman–Crippen MR) is 97.5 cm³/mol. The normalized spacial score (nSPS) is 11.5. The van der Waals surface area contributed by atoms with Crippen molar-refractivity contribution in [3.05, 3.63) is 59.7 Å². The molecule has 0 aromatic heterocycles. The molecule has 6 nitrogen and oxygen atoms in total. The minimum Gasteiger partial charge on any atom is -0.497 e. The van der Waals surface area contributed by atoms with Gasteiger partial charge in [0, 0.05) is 12.6 Å². The van der Waals surface area contributed by atoms with Crippen LogP contribution < -0.4 is 14.8 Å². The molecular weight excluding hydrogens is 334 g/mol. The van der Waals surface area contributed by atoms with Crippen molar-refractivity contribution in [2.75, 3.05) is 20.3 Å². The van der Waals surface area contributed by atoms with E-state index in [9.17, 15) is 14.7 Å². The lowest BCUT2D eigenvalue weighted by Gasteiger charge is -2.14. The van der Waals surface area contributed by atoms with Gasteiger partial charge in [-0.25, -0.2) is 0 Å². The van der Waals surface area contributed by atoms with Gasteiger partial charge in [-0.1, -0.05) is 35.9 Å². The molecule has 6 heteroatoms. The fraction of sp³-hybridized carbons (Fsp3) is 0.300. The molecular formula is C20H23NO5. The van der Waals surface area contributed by atoms with Crippen LogP contribution in [-0.2, 0) is 16.0 Å². The fourth-order valence-corrected chi connectivity index (χ4v) is 2.50. The van der Waals surface area contributed by atoms with E-state index in [0.717, 1.165) is 11.1 Å². The number of ether oxygens (including phenoxy) is 2. The molecule has 0 fully saturated rings. The highest BCUT2D eigenvalue weighted by Gasteiger charge is 2.19. The van der Waals surface area contributed by atoms with Gasteiger partial charge in [0.1, 0.15) is 11.5 Å². The summed E-state index contributed by atoms with van der Waals surface area (Å²) in [7, 11) is 1.55. The van der Waals surface area contributed by atoms with E-state index in [0.29, 0.717) is 17.9 Å². The largest absolute Gasteiger partial charge is 0.497 e. The van der Waals surface area contributed by atoms with Gasteiger partial charge in [0.2, 0.25) is 0 Å². The zero-order valence-corrected chi connectivity index (χ0v) is 14.9. The van der Waals surface area contributed by atoms with Crippen LogP contribution in [0.3, 0.4) is 0 Å². The van der Waals surface area contributed by atoms with E-state index in [-0.39, 0.29) is 19.1 Å². The SMILES string of the molecule is COc1cccc(OCC(=O)NCC(Cc2cccc(C)c2)C(=O)O)c1. The molecule has 0 aliphatic heterocycles. The van der Waals surface area contributed by atoms with Gasteiger partial charge < -0.3 is 19.9 Å². The number of aliphatic carboxylic acids is 1. The van der Waals surface area contributed by atoms with Gasteiger partial charge in [-0.15, -0.1) is 0 Å². The first-order chi connectivity index (χ1) is 12.5. The number of hydrogen-bond donors (Lipinski definition) is 2. The lowest BCUT2D eigenvalue weighted by atomic mass is 9.98. The Bertz CT molecular complexity index is 759. The standard InChI is InChI=1S/C20H23NO5/c1-14-5-3-6-15(9-14)10-16(20(23)24)12-21-19(22)13-26-18-8-4-7-17(11-18)25-2/h3-9,11,16H,10,12-13H2,1-2H3,(H,21,22)(H,23,24). The van der Waals surface area contributed by atoms with Crippen LogP contribution in [0.5, 0.6) is 11.5 Å². The zero-order chi connectivity index (χ0) is 18.9. The van der Waals surface area contributed by atoms with Crippen molar-refractivity contribution in [1.29, 1.82) is 0 Å². The summed E-state index contributed by atoms with van der Waals surface area (Å²) >= 11 is 0. The summed E-state index contributed by atoms with van der Waals surface area (Å²) in [5.74, 6) is -0.873. The van der Waals surface area contributed by atoms with Crippen LogP contribution in [0.25, 0.3) is 0 Å². The van der Waals surface area contributed by atoms with Gasteiger partial charge in [0.15, 0.2) is 6.61 Å². The van der Waals surface area contributed by atoms with Gasteiger partial charge in [-0.2, -0.15) is 0 Å². The maximum absolute atomic E-state index is 11.9. The quantitative estimate of drug-likeness (QED) is 0.720. The smallest absolute Gasteiger partial charge is 0.308 e. The summed E-state index contributed by atoms with van der Waals surface area (Å²) in [4.78, 5) is 23.4. The van der Waals surface area contributed by atoms with Crippen molar-refractivity contribution in [2.45, 2.75) is 13.3 Å². The summed E-state index contributed by atoms with van der Waals surface area (Å²) in [6.07, 6.45) is 0.355. The van der Waals surface area contributed by atoms with Crippen LogP contribution in [0.4, 0.5) is 0 Å². The second kappa shape index (κ2) is 9.46. The van der Waals surface area contributed by atoms with Crippen molar-refractivity contribution in [1.82, 2.24) is 5.32 Å². The van der Waals surface area contributed by atoms with Gasteiger partial charge in [-0.3, -0.25) is 9.59 Å². The molecule has 0 aliphatic rings. The van der Waals surface area contributed by atoms with Crippen molar-refractivity contribution < 1.29 is 24.2 Å². The van der Waals surface area contributed by atoms with Crippen molar-refractivity contribution >= 4 is 11.9 Å². The third kappa shape index (κ3) is 6.12. The first-order valence-corrected chi connectivity index (χ1v) is 8.30. The van der Waals surface area contributed by atoms with Crippen molar-refractivity contribution in [2.24, 2.45) is 5.92 Å². The zero-order valence-electron chi connectivity index (χ0n) is 14.9. The fourth-order valence-electron chi connectivity index (χ4n) is 2.50. The highest BCUT2D eigenvalue weighted by Crippen LogP contribution is 2.18. The number of carbonyl (C=O) groups excluding carboxylic acids is 1. The van der Waals surface area contributed by atoms with Crippen LogP contribution >= 0.6 is 0 Å². The van der Waals surface area contributed by atoms with E-state index in [2.05, 4.69) is 5.32 Å². The number of amides is 1. The number of carbonyl (C=O) groups is 2. The number of methoxy groups -OCH3 is 1. The Morgan fingerprint density at radius 3 is 2.54 bits per heavy atom. The van der Waals surface area contributed by atoms with E-state index in [4.69, 9.17) is 9.47 Å². The predicted octanol–water partition coefficient (Wildman–Crippen LogP) is 2.44. The van der Waals surface area contributed by atoms with E-state index in [1.54, 1.807) is 31.4 Å². The van der Waals surface area contributed by atoms with Gasteiger partial charge in [-0.05, 0) is 31.0 Å². The molecule has 138 valence electrons. The third-order valence-electron chi connectivity index (χ3n) is 3.87. The maximum Gasteiger partial charge on any atom is 0.308 e. The number of carboxylic acids is 1. The maximum atomic E-state index is 11.9. The lowest BCUT2D eigenvalue weighted by molar-refractivity contribution is -0.141. The average Bonchev–Trinajstić information content (AvgIpc) is 2.63. The van der Waals surface area contributed by atoms with Crippen LogP contribution in [0.15, 0.2) is 48.5 Å². The summed E-state index contributed by atoms with van der Waals surface area (Å²) in [6, 6.07) is 14.6. The molecule has 2 aromatic carbocycles. The topological polar surface area (TPSA) is 84.9 Å². The van der Waals surface area contributed by atoms with E-state index < -0.39 is 11.9 Å². The van der Waals surface area contributed by atoms with Crippen LogP contribution in [-0.4, -0.2) is 37.2 Å². The summed E-state index contributed by atoms with van der Waals surface area (Å²) in [5.41, 5.74) is 2.00. The van der Waals surface area contributed by atoms with E-state index in [1.807, 2.05) is 31.2 Å². The second-order valence-electron chi connectivity index (χ2n) is 6.00. The molecule has 1 amide bonds. The Morgan fingerprint density at radius 2 is 1.85 bits per heavy atom. The minimum absolute atomic E-state index is 0.0452. The first kappa shape index (κ1) is 19.3. The molecule has 0 saturated carbocycles. The molecule has 0 spiro atoms. The number of hydrogen-bond acceptors (Lipinski definition) is 4. The van der Waals surface area contributed by atoms with Crippen LogP contribution in [0.1, 0.15) is 11.1 Å². The summed E-state index contributed by atoms with van der Waals surface area (Å²) in [6.45, 7) is 1.81. The number of benzene rings is 2. The molecule has 0 aliphatic carbocycles. The second-order valence-corrected chi connectivity index (χ2v) is 6.00. The van der Waals surface area contributed by atoms with Gasteiger partial charge in [0.25, 0.3) is 5.91 Å². The minimum atomic E-state index is -0.944. The number of nitrogens with one attached hydrogen (secondary N) is 1. The number of rotatable bonds is 9. The van der Waals surface area contributed by atoms with E-state index in [1.165, 1.54) is 0 Å². The Labute approximate surface area is 152 Å². The average molecular weight is 357 g/mol. The van der Waals surface area contributed by atoms with Gasteiger partial charge in [0.05, 0.1) is 13.0 Å². The Hall–Kier alpha value is -3.02. The number of carboxylic acid groups (broad SMARTS) is 1. The van der Waals surface area contributed by atoms with Gasteiger partial charge >= 0.3 is 5.97 Å². The molecule has 0 saturated heterocycles. The van der Waals surface area contributed by atoms with Crippen molar-refractivity contribution in [3.63, 3.8) is 0 Å². The summed E-state index contributed by atoms with van der Waals surface area (Å²) in [5, 5.41) is 12.0. The highest BCUT2D eigenvalue weighted by atomic mass is 16.5. The highest BCUT2D eigenvalue weighted by molar-refractivity contribution is 5.78. The first-order valence-electron chi connectivity index (χ1n) is 8.30. The molecule has 0 bridgehead atoms. The Morgan fingerprint density at radius 1 is 1.12 bits per heavy atom. The lowest BCUT2D eigenvalue weighted by Crippen LogP contribution is -2.36. The molecule has 0 radical (unpaired) electrons. The third-order valence-corrected chi connectivity index (χ3v) is 3.87. The molecule has 1 atom stereocenters. The van der Waals surface area contributed by atoms with E-state index >= 15 is 0 Å². The Kier molecular flexibility index (Phi) is 7.02. The molecule has 26 heavy (non-hydrogen) atoms. The van der Waals surface area contributed by atoms with Crippen LogP contribution in [0.2, 0.25) is 0 Å². The molecule has 1 unspecified atom stereocenters. The summed E-state index contributed by atoms with van der Waals surface area (Å²) < 4.78 is 10.5. The molecule has 2 aromatic rings. The van der Waals surface area contributed by atoms with Crippen LogP contribution in [0, 0.1) is 12.8 Å². The molecule has 0 heterocycles. The van der Waals surface area contributed by atoms with Crippen molar-refractivity contribution in [3.8, 4) is 11.5 Å².